The molecule has 2 aromatic carbocycles. The summed E-state index contributed by atoms with van der Waals surface area (Å²) in [6.07, 6.45) is 0.179. The van der Waals surface area contributed by atoms with Crippen molar-refractivity contribution in [3.63, 3.8) is 0 Å². The first-order valence-corrected chi connectivity index (χ1v) is 8.32. The van der Waals surface area contributed by atoms with Crippen LogP contribution in [0, 0.1) is 12.8 Å². The first kappa shape index (κ1) is 16.8. The number of hydrogen-bond donors (Lipinski definition) is 1. The number of amides is 2. The van der Waals surface area contributed by atoms with E-state index in [4.69, 9.17) is 23.2 Å². The van der Waals surface area contributed by atoms with E-state index in [1.807, 2.05) is 13.0 Å². The molecule has 4 nitrogen and oxygen atoms in total. The van der Waals surface area contributed by atoms with E-state index in [0.29, 0.717) is 22.3 Å². The minimum atomic E-state index is -0.408. The molecule has 6 heteroatoms. The largest absolute Gasteiger partial charge is 0.326 e. The highest BCUT2D eigenvalue weighted by Gasteiger charge is 2.35. The van der Waals surface area contributed by atoms with E-state index in [1.165, 1.54) is 0 Å². The second kappa shape index (κ2) is 6.83. The zero-order valence-electron chi connectivity index (χ0n) is 13.1. The van der Waals surface area contributed by atoms with E-state index in [2.05, 4.69) is 5.32 Å². The van der Waals surface area contributed by atoms with Crippen LogP contribution in [0.15, 0.2) is 42.5 Å². The van der Waals surface area contributed by atoms with Crippen LogP contribution in [0.4, 0.5) is 11.4 Å². The van der Waals surface area contributed by atoms with Crippen molar-refractivity contribution >= 4 is 46.4 Å². The SMILES string of the molecule is Cc1ccc(Cl)cc1N1CC(C(=O)Nc2cccc(Cl)c2)CC1=O. The van der Waals surface area contributed by atoms with Crippen LogP contribution in [0.3, 0.4) is 0 Å². The number of hydrogen-bond acceptors (Lipinski definition) is 2. The molecule has 1 aliphatic heterocycles. The van der Waals surface area contributed by atoms with Crippen molar-refractivity contribution in [1.82, 2.24) is 0 Å². The Kier molecular flexibility index (Phi) is 4.78. The predicted molar refractivity (Wildman–Crippen MR) is 96.7 cm³/mol. The third kappa shape index (κ3) is 3.55. The zero-order chi connectivity index (χ0) is 17.3. The molecule has 2 aromatic rings. The second-order valence-corrected chi connectivity index (χ2v) is 6.71. The standard InChI is InChI=1S/C18H16Cl2N2O2/c1-11-5-6-14(20)9-16(11)22-10-12(7-17(22)23)18(24)21-15-4-2-3-13(19)8-15/h2-6,8-9,12H,7,10H2,1H3,(H,21,24). The van der Waals surface area contributed by atoms with E-state index in [0.717, 1.165) is 11.3 Å². The van der Waals surface area contributed by atoms with Crippen LogP contribution >= 0.6 is 23.2 Å². The summed E-state index contributed by atoms with van der Waals surface area (Å²) < 4.78 is 0. The third-order valence-corrected chi connectivity index (χ3v) is 4.52. The van der Waals surface area contributed by atoms with Gasteiger partial charge in [0.25, 0.3) is 0 Å². The number of halogens is 2. The number of benzene rings is 2. The highest BCUT2D eigenvalue weighted by molar-refractivity contribution is 6.31. The van der Waals surface area contributed by atoms with E-state index < -0.39 is 5.92 Å². The molecule has 3 rings (SSSR count). The van der Waals surface area contributed by atoms with E-state index in [9.17, 15) is 9.59 Å². The molecule has 0 aliphatic carbocycles. The van der Waals surface area contributed by atoms with Gasteiger partial charge >= 0.3 is 0 Å². The fourth-order valence-electron chi connectivity index (χ4n) is 2.80. The lowest BCUT2D eigenvalue weighted by Gasteiger charge is -2.19. The molecule has 1 aliphatic rings. The Morgan fingerprint density at radius 3 is 2.67 bits per heavy atom. The smallest absolute Gasteiger partial charge is 0.229 e. The van der Waals surface area contributed by atoms with Crippen molar-refractivity contribution < 1.29 is 9.59 Å². The molecule has 1 N–H and O–H groups in total. The van der Waals surface area contributed by atoms with Crippen LogP contribution < -0.4 is 10.2 Å². The summed E-state index contributed by atoms with van der Waals surface area (Å²) in [6, 6.07) is 12.3. The molecule has 0 bridgehead atoms. The lowest BCUT2D eigenvalue weighted by molar-refractivity contribution is -0.122. The number of carbonyl (C=O) groups excluding carboxylic acids is 2. The highest BCUT2D eigenvalue weighted by Crippen LogP contribution is 2.30. The fraction of sp³-hybridized carbons (Fsp3) is 0.222. The molecule has 124 valence electrons. The number of aryl methyl sites for hydroxylation is 1. The topological polar surface area (TPSA) is 49.4 Å². The Hall–Kier alpha value is -2.04. The van der Waals surface area contributed by atoms with Gasteiger partial charge in [0.1, 0.15) is 0 Å². The molecular weight excluding hydrogens is 347 g/mol. The first-order valence-electron chi connectivity index (χ1n) is 7.57. The van der Waals surface area contributed by atoms with Crippen LogP contribution in [0.25, 0.3) is 0 Å². The van der Waals surface area contributed by atoms with E-state index in [1.54, 1.807) is 41.3 Å². The van der Waals surface area contributed by atoms with Crippen LogP contribution in [0.5, 0.6) is 0 Å². The zero-order valence-corrected chi connectivity index (χ0v) is 14.6. The molecule has 1 unspecified atom stereocenters. The van der Waals surface area contributed by atoms with Gasteiger partial charge in [0.15, 0.2) is 0 Å². The number of rotatable bonds is 3. The van der Waals surface area contributed by atoms with Crippen molar-refractivity contribution in [3.8, 4) is 0 Å². The van der Waals surface area contributed by atoms with Gasteiger partial charge < -0.3 is 10.2 Å². The molecule has 1 saturated heterocycles. The third-order valence-electron chi connectivity index (χ3n) is 4.05. The Labute approximate surface area is 150 Å². The van der Waals surface area contributed by atoms with Crippen molar-refractivity contribution in [2.24, 2.45) is 5.92 Å². The Morgan fingerprint density at radius 2 is 1.92 bits per heavy atom. The lowest BCUT2D eigenvalue weighted by atomic mass is 10.1. The second-order valence-electron chi connectivity index (χ2n) is 5.84. The minimum Gasteiger partial charge on any atom is -0.326 e. The Balaban J connectivity index is 1.74. The van der Waals surface area contributed by atoms with Crippen LogP contribution in [-0.4, -0.2) is 18.4 Å². The van der Waals surface area contributed by atoms with Crippen molar-refractivity contribution in [2.75, 3.05) is 16.8 Å². The lowest BCUT2D eigenvalue weighted by Crippen LogP contribution is -2.28. The van der Waals surface area contributed by atoms with E-state index in [-0.39, 0.29) is 18.2 Å². The molecule has 1 atom stereocenters. The maximum atomic E-state index is 12.4. The van der Waals surface area contributed by atoms with Crippen molar-refractivity contribution in [1.29, 1.82) is 0 Å². The summed E-state index contributed by atoms with van der Waals surface area (Å²) in [7, 11) is 0. The van der Waals surface area contributed by atoms with Gasteiger partial charge in [-0.25, -0.2) is 0 Å². The average Bonchev–Trinajstić information content (AvgIpc) is 2.92. The highest BCUT2D eigenvalue weighted by atomic mass is 35.5. The summed E-state index contributed by atoms with van der Waals surface area (Å²) in [4.78, 5) is 26.4. The Morgan fingerprint density at radius 1 is 1.17 bits per heavy atom. The molecule has 24 heavy (non-hydrogen) atoms. The normalized spacial score (nSPS) is 17.2. The van der Waals surface area contributed by atoms with E-state index >= 15 is 0 Å². The maximum absolute atomic E-state index is 12.4. The quantitative estimate of drug-likeness (QED) is 0.884. The van der Waals surface area contributed by atoms with Gasteiger partial charge in [-0.15, -0.1) is 0 Å². The first-order chi connectivity index (χ1) is 11.4. The summed E-state index contributed by atoms with van der Waals surface area (Å²) in [5.74, 6) is -0.672. The van der Waals surface area contributed by atoms with Gasteiger partial charge in [0.05, 0.1) is 5.92 Å². The van der Waals surface area contributed by atoms with Crippen LogP contribution in [0.1, 0.15) is 12.0 Å². The summed E-state index contributed by atoms with van der Waals surface area (Å²) in [5, 5.41) is 3.93. The monoisotopic (exact) mass is 362 g/mol. The van der Waals surface area contributed by atoms with Gasteiger partial charge in [-0.3, -0.25) is 9.59 Å². The molecule has 0 radical (unpaired) electrons. The molecule has 1 fully saturated rings. The molecule has 0 spiro atoms. The average molecular weight is 363 g/mol. The van der Waals surface area contributed by atoms with Crippen molar-refractivity contribution in [2.45, 2.75) is 13.3 Å². The maximum Gasteiger partial charge on any atom is 0.229 e. The molecular formula is C18H16Cl2N2O2. The number of nitrogens with zero attached hydrogens (tertiary/aromatic N) is 1. The van der Waals surface area contributed by atoms with Crippen LogP contribution in [-0.2, 0) is 9.59 Å². The number of nitrogens with one attached hydrogen (secondary N) is 1. The van der Waals surface area contributed by atoms with Crippen molar-refractivity contribution in [3.05, 3.63) is 58.1 Å². The fourth-order valence-corrected chi connectivity index (χ4v) is 3.16. The van der Waals surface area contributed by atoms with Gasteiger partial charge in [-0.1, -0.05) is 35.3 Å². The van der Waals surface area contributed by atoms with Gasteiger partial charge in [0.2, 0.25) is 11.8 Å². The molecule has 2 amide bonds. The van der Waals surface area contributed by atoms with Gasteiger partial charge in [-0.05, 0) is 42.8 Å². The summed E-state index contributed by atoms with van der Waals surface area (Å²) >= 11 is 12.0. The van der Waals surface area contributed by atoms with Gasteiger partial charge in [0, 0.05) is 34.4 Å². The molecule has 1 heterocycles. The molecule has 0 saturated carbocycles. The summed E-state index contributed by atoms with van der Waals surface area (Å²) in [5.41, 5.74) is 2.33. The summed E-state index contributed by atoms with van der Waals surface area (Å²) in [6.45, 7) is 2.25. The molecule has 0 aromatic heterocycles. The predicted octanol–water partition coefficient (Wildman–Crippen LogP) is 4.29. The number of anilines is 2. The Bertz CT molecular complexity index is 807. The van der Waals surface area contributed by atoms with Gasteiger partial charge in [-0.2, -0.15) is 0 Å². The number of carbonyl (C=O) groups is 2. The van der Waals surface area contributed by atoms with Crippen LogP contribution in [0.2, 0.25) is 10.0 Å². The minimum absolute atomic E-state index is 0.0772.